The zero-order valence-corrected chi connectivity index (χ0v) is 23.1. The van der Waals surface area contributed by atoms with Crippen molar-refractivity contribution in [1.82, 2.24) is 9.80 Å². The van der Waals surface area contributed by atoms with E-state index in [-0.39, 0.29) is 24.4 Å². The second-order valence-electron chi connectivity index (χ2n) is 9.06. The summed E-state index contributed by atoms with van der Waals surface area (Å²) in [5.41, 5.74) is 1.45. The Morgan fingerprint density at radius 2 is 1.66 bits per heavy atom. The maximum absolute atomic E-state index is 13.7. The van der Waals surface area contributed by atoms with Crippen LogP contribution in [0.2, 0.25) is 0 Å². The fourth-order valence-electron chi connectivity index (χ4n) is 4.31. The molecule has 1 fully saturated rings. The predicted octanol–water partition coefficient (Wildman–Crippen LogP) is 4.66. The van der Waals surface area contributed by atoms with Gasteiger partial charge in [-0.15, -0.1) is 11.3 Å². The van der Waals surface area contributed by atoms with Crippen molar-refractivity contribution in [3.8, 4) is 23.0 Å². The fraction of sp³-hybridized carbons (Fsp3) is 0.379. The molecule has 4 rings (SSSR count). The Hall–Kier alpha value is -3.72. The van der Waals surface area contributed by atoms with Crippen LogP contribution >= 0.6 is 11.3 Å². The molecule has 0 atom stereocenters. The monoisotopic (exact) mass is 538 g/mol. The van der Waals surface area contributed by atoms with Crippen LogP contribution in [0.3, 0.4) is 0 Å². The molecule has 2 aromatic carbocycles. The molecule has 9 heteroatoms. The Morgan fingerprint density at radius 3 is 2.29 bits per heavy atom. The van der Waals surface area contributed by atoms with Crippen molar-refractivity contribution < 1.29 is 28.5 Å². The van der Waals surface area contributed by atoms with Gasteiger partial charge in [-0.3, -0.25) is 9.59 Å². The van der Waals surface area contributed by atoms with E-state index in [4.69, 9.17) is 18.9 Å². The van der Waals surface area contributed by atoms with Gasteiger partial charge in [0.15, 0.2) is 11.5 Å². The molecule has 0 spiro atoms. The van der Waals surface area contributed by atoms with Crippen molar-refractivity contribution in [3.63, 3.8) is 0 Å². The van der Waals surface area contributed by atoms with E-state index in [9.17, 15) is 9.59 Å². The number of carbonyl (C=O) groups excluding carboxylic acids is 2. The van der Waals surface area contributed by atoms with E-state index in [1.807, 2.05) is 40.6 Å². The largest absolute Gasteiger partial charge is 0.497 e. The lowest BCUT2D eigenvalue weighted by molar-refractivity contribution is -0.132. The minimum atomic E-state index is -0.212. The van der Waals surface area contributed by atoms with Gasteiger partial charge in [0.1, 0.15) is 18.0 Å². The van der Waals surface area contributed by atoms with Crippen molar-refractivity contribution in [2.75, 3.05) is 41.5 Å². The van der Waals surface area contributed by atoms with E-state index < -0.39 is 0 Å². The van der Waals surface area contributed by atoms with Crippen molar-refractivity contribution in [3.05, 3.63) is 69.9 Å². The standard InChI is InChI=1S/C29H34N2O6S/c1-34-22-10-11-24(26(17-22)36-3)29(33)31(21-8-9-21)19-28(32)30(18-23-6-5-15-38-23)14-13-20-7-12-25(35-2)27(16-20)37-4/h5-7,10-12,15-17,21H,8-9,13-14,18-19H2,1-4H3. The van der Waals surface area contributed by atoms with Gasteiger partial charge in [0.25, 0.3) is 5.91 Å². The first-order valence-corrected chi connectivity index (χ1v) is 13.4. The topological polar surface area (TPSA) is 77.5 Å². The third kappa shape index (κ3) is 6.58. The van der Waals surface area contributed by atoms with Gasteiger partial charge in [-0.05, 0) is 60.5 Å². The summed E-state index contributed by atoms with van der Waals surface area (Å²) in [5.74, 6) is 2.04. The lowest BCUT2D eigenvalue weighted by atomic mass is 10.1. The predicted molar refractivity (Wildman–Crippen MR) is 147 cm³/mol. The van der Waals surface area contributed by atoms with Crippen LogP contribution in [0, 0.1) is 0 Å². The van der Waals surface area contributed by atoms with Crippen molar-refractivity contribution in [1.29, 1.82) is 0 Å². The van der Waals surface area contributed by atoms with Gasteiger partial charge in [-0.1, -0.05) is 12.1 Å². The third-order valence-electron chi connectivity index (χ3n) is 6.59. The van der Waals surface area contributed by atoms with Gasteiger partial charge in [0.05, 0.1) is 40.5 Å². The highest BCUT2D eigenvalue weighted by Crippen LogP contribution is 2.32. The van der Waals surface area contributed by atoms with Crippen molar-refractivity contribution >= 4 is 23.2 Å². The quantitative estimate of drug-likeness (QED) is 0.315. The Bertz CT molecular complexity index is 1240. The molecule has 1 aliphatic carbocycles. The molecule has 1 saturated carbocycles. The molecule has 0 aliphatic heterocycles. The number of ether oxygens (including phenoxy) is 4. The summed E-state index contributed by atoms with van der Waals surface area (Å²) in [5, 5.41) is 2.00. The maximum Gasteiger partial charge on any atom is 0.258 e. The number of nitrogens with zero attached hydrogens (tertiary/aromatic N) is 2. The van der Waals surface area contributed by atoms with Crippen LogP contribution in [0.1, 0.15) is 33.6 Å². The molecule has 0 radical (unpaired) electrons. The lowest BCUT2D eigenvalue weighted by Crippen LogP contribution is -2.44. The van der Waals surface area contributed by atoms with Crippen LogP contribution in [-0.2, 0) is 17.8 Å². The Balaban J connectivity index is 1.52. The zero-order valence-electron chi connectivity index (χ0n) is 22.3. The van der Waals surface area contributed by atoms with E-state index in [2.05, 4.69) is 0 Å². The molecule has 0 bridgehead atoms. The Labute approximate surface area is 227 Å². The van der Waals surface area contributed by atoms with Crippen LogP contribution in [-0.4, -0.2) is 69.2 Å². The number of benzene rings is 2. The average molecular weight is 539 g/mol. The second kappa shape index (κ2) is 12.7. The molecule has 1 aliphatic rings. The third-order valence-corrected chi connectivity index (χ3v) is 7.45. The molecule has 1 heterocycles. The molecule has 8 nitrogen and oxygen atoms in total. The van der Waals surface area contributed by atoms with Crippen LogP contribution < -0.4 is 18.9 Å². The lowest BCUT2D eigenvalue weighted by Gasteiger charge is -2.28. The van der Waals surface area contributed by atoms with Crippen LogP contribution in [0.4, 0.5) is 0 Å². The van der Waals surface area contributed by atoms with E-state index in [0.29, 0.717) is 48.1 Å². The van der Waals surface area contributed by atoms with Crippen LogP contribution in [0.5, 0.6) is 23.0 Å². The zero-order chi connectivity index (χ0) is 27.1. The van der Waals surface area contributed by atoms with E-state index in [1.165, 1.54) is 7.11 Å². The number of methoxy groups -OCH3 is 4. The summed E-state index contributed by atoms with van der Waals surface area (Å²) in [6.07, 6.45) is 2.41. The number of thiophene rings is 1. The minimum Gasteiger partial charge on any atom is -0.497 e. The van der Waals surface area contributed by atoms with Crippen molar-refractivity contribution in [2.45, 2.75) is 31.8 Å². The number of hydrogen-bond donors (Lipinski definition) is 0. The van der Waals surface area contributed by atoms with Crippen LogP contribution in [0.25, 0.3) is 0 Å². The van der Waals surface area contributed by atoms with E-state index in [0.717, 1.165) is 23.3 Å². The average Bonchev–Trinajstić information content (AvgIpc) is 3.67. The van der Waals surface area contributed by atoms with E-state index >= 15 is 0 Å². The summed E-state index contributed by atoms with van der Waals surface area (Å²) in [7, 11) is 6.30. The molecule has 0 unspecified atom stereocenters. The Morgan fingerprint density at radius 1 is 0.895 bits per heavy atom. The summed E-state index contributed by atoms with van der Waals surface area (Å²) in [6, 6.07) is 14.9. The Kier molecular flexibility index (Phi) is 9.12. The molecular weight excluding hydrogens is 504 g/mol. The number of amides is 2. The SMILES string of the molecule is COc1ccc(C(=O)N(CC(=O)N(CCc2ccc(OC)c(OC)c2)Cc2cccs2)C2CC2)c(OC)c1. The first kappa shape index (κ1) is 27.3. The highest BCUT2D eigenvalue weighted by molar-refractivity contribution is 7.09. The van der Waals surface area contributed by atoms with Gasteiger partial charge in [-0.2, -0.15) is 0 Å². The normalized spacial score (nSPS) is 12.5. The number of hydrogen-bond acceptors (Lipinski definition) is 7. The van der Waals surface area contributed by atoms with Gasteiger partial charge in [-0.25, -0.2) is 0 Å². The molecule has 3 aromatic rings. The molecule has 202 valence electrons. The molecule has 0 saturated heterocycles. The molecule has 2 amide bonds. The van der Waals surface area contributed by atoms with Gasteiger partial charge < -0.3 is 28.7 Å². The van der Waals surface area contributed by atoms with E-state index in [1.54, 1.807) is 55.8 Å². The number of rotatable bonds is 13. The summed E-state index contributed by atoms with van der Waals surface area (Å²) in [6.45, 7) is 1.00. The van der Waals surface area contributed by atoms with Gasteiger partial charge >= 0.3 is 0 Å². The first-order chi connectivity index (χ1) is 18.5. The summed E-state index contributed by atoms with van der Waals surface area (Å²) < 4.78 is 21.5. The fourth-order valence-corrected chi connectivity index (χ4v) is 5.03. The molecule has 0 N–H and O–H groups in total. The van der Waals surface area contributed by atoms with Gasteiger partial charge in [0.2, 0.25) is 5.91 Å². The highest BCUT2D eigenvalue weighted by Gasteiger charge is 2.36. The second-order valence-corrected chi connectivity index (χ2v) is 10.1. The van der Waals surface area contributed by atoms with Crippen LogP contribution in [0.15, 0.2) is 53.9 Å². The first-order valence-electron chi connectivity index (χ1n) is 12.5. The van der Waals surface area contributed by atoms with Gasteiger partial charge in [0, 0.05) is 23.5 Å². The summed E-state index contributed by atoms with van der Waals surface area (Å²) in [4.78, 5) is 31.9. The van der Waals surface area contributed by atoms with Crippen molar-refractivity contribution in [2.24, 2.45) is 0 Å². The summed E-state index contributed by atoms with van der Waals surface area (Å²) >= 11 is 1.61. The maximum atomic E-state index is 13.7. The number of carbonyl (C=O) groups is 2. The smallest absolute Gasteiger partial charge is 0.258 e. The molecular formula is C29H34N2O6S. The highest BCUT2D eigenvalue weighted by atomic mass is 32.1. The molecule has 1 aromatic heterocycles. The molecule has 38 heavy (non-hydrogen) atoms. The minimum absolute atomic E-state index is 0.00991.